The fourth-order valence-corrected chi connectivity index (χ4v) is 1.64. The van der Waals surface area contributed by atoms with Crippen molar-refractivity contribution in [3.8, 4) is 0 Å². The van der Waals surface area contributed by atoms with Crippen LogP contribution in [0.2, 0.25) is 0 Å². The van der Waals surface area contributed by atoms with Gasteiger partial charge in [0.05, 0.1) is 19.8 Å². The molecule has 0 aromatic carbocycles. The van der Waals surface area contributed by atoms with Crippen molar-refractivity contribution in [2.24, 2.45) is 5.41 Å². The highest BCUT2D eigenvalue weighted by molar-refractivity contribution is 4.90. The zero-order chi connectivity index (χ0) is 10.0. The van der Waals surface area contributed by atoms with E-state index in [0.29, 0.717) is 6.04 Å². The first-order chi connectivity index (χ1) is 6.68. The SMILES string of the molecule is CC1(C)COCC1NCc1ncn[nH]1. The third kappa shape index (κ3) is 1.93. The lowest BCUT2D eigenvalue weighted by Gasteiger charge is -2.24. The number of nitrogens with zero attached hydrogens (tertiary/aromatic N) is 2. The van der Waals surface area contributed by atoms with Gasteiger partial charge in [0.1, 0.15) is 12.2 Å². The van der Waals surface area contributed by atoms with Crippen LogP contribution in [0.3, 0.4) is 0 Å². The quantitative estimate of drug-likeness (QED) is 0.730. The maximum absolute atomic E-state index is 5.43. The molecule has 2 rings (SSSR count). The lowest BCUT2D eigenvalue weighted by Crippen LogP contribution is -2.40. The van der Waals surface area contributed by atoms with Crippen molar-refractivity contribution in [3.63, 3.8) is 0 Å². The summed E-state index contributed by atoms with van der Waals surface area (Å²) in [5, 5.41) is 10.0. The number of aromatic amines is 1. The first-order valence-electron chi connectivity index (χ1n) is 4.84. The molecule has 0 bridgehead atoms. The minimum absolute atomic E-state index is 0.208. The highest BCUT2D eigenvalue weighted by Gasteiger charge is 2.35. The summed E-state index contributed by atoms with van der Waals surface area (Å²) in [5.74, 6) is 0.868. The molecule has 0 spiro atoms. The van der Waals surface area contributed by atoms with Gasteiger partial charge in [-0.3, -0.25) is 5.10 Å². The van der Waals surface area contributed by atoms with Gasteiger partial charge in [0.2, 0.25) is 0 Å². The molecule has 1 aliphatic rings. The molecular formula is C9H16N4O. The molecule has 1 saturated heterocycles. The highest BCUT2D eigenvalue weighted by Crippen LogP contribution is 2.27. The van der Waals surface area contributed by atoms with Crippen LogP contribution in [0.25, 0.3) is 0 Å². The Labute approximate surface area is 83.3 Å². The summed E-state index contributed by atoms with van der Waals surface area (Å²) in [4.78, 5) is 4.05. The van der Waals surface area contributed by atoms with E-state index in [0.717, 1.165) is 25.6 Å². The van der Waals surface area contributed by atoms with Gasteiger partial charge in [-0.05, 0) is 0 Å². The summed E-state index contributed by atoms with van der Waals surface area (Å²) < 4.78 is 5.43. The zero-order valence-electron chi connectivity index (χ0n) is 8.58. The first-order valence-corrected chi connectivity index (χ1v) is 4.84. The molecule has 0 aliphatic carbocycles. The van der Waals surface area contributed by atoms with Gasteiger partial charge in [0.15, 0.2) is 0 Å². The van der Waals surface area contributed by atoms with Gasteiger partial charge >= 0.3 is 0 Å². The summed E-state index contributed by atoms with van der Waals surface area (Å²) >= 11 is 0. The maximum atomic E-state index is 5.43. The normalized spacial score (nSPS) is 25.4. The predicted molar refractivity (Wildman–Crippen MR) is 51.6 cm³/mol. The fraction of sp³-hybridized carbons (Fsp3) is 0.778. The number of aromatic nitrogens is 3. The molecule has 0 amide bonds. The van der Waals surface area contributed by atoms with Crippen LogP contribution in [0, 0.1) is 5.41 Å². The fourth-order valence-electron chi connectivity index (χ4n) is 1.64. The topological polar surface area (TPSA) is 62.8 Å². The average molecular weight is 196 g/mol. The molecule has 1 aromatic rings. The smallest absolute Gasteiger partial charge is 0.138 e. The Hall–Kier alpha value is -0.940. The molecule has 1 atom stereocenters. The second-order valence-corrected chi connectivity index (χ2v) is 4.37. The van der Waals surface area contributed by atoms with E-state index < -0.39 is 0 Å². The van der Waals surface area contributed by atoms with E-state index >= 15 is 0 Å². The van der Waals surface area contributed by atoms with Crippen LogP contribution in [0.4, 0.5) is 0 Å². The highest BCUT2D eigenvalue weighted by atomic mass is 16.5. The van der Waals surface area contributed by atoms with Crippen molar-refractivity contribution in [1.82, 2.24) is 20.5 Å². The monoisotopic (exact) mass is 196 g/mol. The number of rotatable bonds is 3. The second-order valence-electron chi connectivity index (χ2n) is 4.37. The summed E-state index contributed by atoms with van der Waals surface area (Å²) in [6.07, 6.45) is 1.52. The van der Waals surface area contributed by atoms with Gasteiger partial charge in [-0.25, -0.2) is 4.98 Å². The molecular weight excluding hydrogens is 180 g/mol. The van der Waals surface area contributed by atoms with Crippen LogP contribution in [-0.4, -0.2) is 34.4 Å². The standard InChI is InChI=1S/C9H16N4O/c1-9(2)5-14-4-7(9)10-3-8-11-6-12-13-8/h6-7,10H,3-5H2,1-2H3,(H,11,12,13). The minimum Gasteiger partial charge on any atom is -0.379 e. The number of nitrogens with one attached hydrogen (secondary N) is 2. The molecule has 1 fully saturated rings. The molecule has 2 N–H and O–H groups in total. The number of ether oxygens (including phenoxy) is 1. The molecule has 0 saturated carbocycles. The number of H-pyrrole nitrogens is 1. The largest absolute Gasteiger partial charge is 0.379 e. The summed E-state index contributed by atoms with van der Waals surface area (Å²) in [6.45, 7) is 6.73. The van der Waals surface area contributed by atoms with Crippen molar-refractivity contribution in [3.05, 3.63) is 12.2 Å². The molecule has 5 nitrogen and oxygen atoms in total. The van der Waals surface area contributed by atoms with Crippen LogP contribution in [0.15, 0.2) is 6.33 Å². The van der Waals surface area contributed by atoms with E-state index in [1.54, 1.807) is 0 Å². The summed E-state index contributed by atoms with van der Waals surface area (Å²) in [6, 6.07) is 0.396. The van der Waals surface area contributed by atoms with Crippen LogP contribution >= 0.6 is 0 Å². The molecule has 0 radical (unpaired) electrons. The Morgan fingerprint density at radius 2 is 2.57 bits per heavy atom. The van der Waals surface area contributed by atoms with Gasteiger partial charge in [-0.15, -0.1) is 0 Å². The Morgan fingerprint density at radius 3 is 3.14 bits per heavy atom. The van der Waals surface area contributed by atoms with Crippen molar-refractivity contribution >= 4 is 0 Å². The van der Waals surface area contributed by atoms with Gasteiger partial charge in [-0.1, -0.05) is 13.8 Å². The van der Waals surface area contributed by atoms with Crippen LogP contribution in [0.5, 0.6) is 0 Å². The molecule has 2 heterocycles. The molecule has 1 aliphatic heterocycles. The van der Waals surface area contributed by atoms with E-state index in [1.807, 2.05) is 0 Å². The minimum atomic E-state index is 0.208. The van der Waals surface area contributed by atoms with Crippen LogP contribution < -0.4 is 5.32 Å². The van der Waals surface area contributed by atoms with E-state index in [1.165, 1.54) is 6.33 Å². The van der Waals surface area contributed by atoms with Gasteiger partial charge in [-0.2, -0.15) is 5.10 Å². The van der Waals surface area contributed by atoms with E-state index in [4.69, 9.17) is 4.74 Å². The Morgan fingerprint density at radius 1 is 1.71 bits per heavy atom. The van der Waals surface area contributed by atoms with E-state index in [9.17, 15) is 0 Å². The number of hydrogen-bond acceptors (Lipinski definition) is 4. The average Bonchev–Trinajstić information content (AvgIpc) is 2.71. The van der Waals surface area contributed by atoms with Crippen LogP contribution in [-0.2, 0) is 11.3 Å². The molecule has 1 unspecified atom stereocenters. The Bertz CT molecular complexity index is 283. The lowest BCUT2D eigenvalue weighted by atomic mass is 9.88. The molecule has 78 valence electrons. The van der Waals surface area contributed by atoms with Crippen molar-refractivity contribution in [2.75, 3.05) is 13.2 Å². The Kier molecular flexibility index (Phi) is 2.52. The van der Waals surface area contributed by atoms with E-state index in [-0.39, 0.29) is 5.41 Å². The second kappa shape index (κ2) is 3.67. The lowest BCUT2D eigenvalue weighted by molar-refractivity contribution is 0.166. The van der Waals surface area contributed by atoms with Gasteiger partial charge in [0, 0.05) is 11.5 Å². The maximum Gasteiger partial charge on any atom is 0.138 e. The third-order valence-corrected chi connectivity index (χ3v) is 2.68. The predicted octanol–water partition coefficient (Wildman–Crippen LogP) is 0.319. The van der Waals surface area contributed by atoms with Crippen molar-refractivity contribution in [2.45, 2.75) is 26.4 Å². The summed E-state index contributed by atoms with van der Waals surface area (Å²) in [7, 11) is 0. The van der Waals surface area contributed by atoms with Crippen LogP contribution in [0.1, 0.15) is 19.7 Å². The van der Waals surface area contributed by atoms with Crippen molar-refractivity contribution < 1.29 is 4.74 Å². The van der Waals surface area contributed by atoms with Gasteiger partial charge in [0.25, 0.3) is 0 Å². The summed E-state index contributed by atoms with van der Waals surface area (Å²) in [5.41, 5.74) is 0.208. The zero-order valence-corrected chi connectivity index (χ0v) is 8.58. The van der Waals surface area contributed by atoms with E-state index in [2.05, 4.69) is 34.3 Å². The van der Waals surface area contributed by atoms with Gasteiger partial charge < -0.3 is 10.1 Å². The Balaban J connectivity index is 1.86. The molecule has 5 heteroatoms. The molecule has 14 heavy (non-hydrogen) atoms. The molecule has 1 aromatic heterocycles. The van der Waals surface area contributed by atoms with Crippen molar-refractivity contribution in [1.29, 1.82) is 0 Å². The third-order valence-electron chi connectivity index (χ3n) is 2.68. The number of hydrogen-bond donors (Lipinski definition) is 2. The first kappa shape index (κ1) is 9.61.